The van der Waals surface area contributed by atoms with E-state index in [1.807, 2.05) is 48.5 Å². The molecule has 120 valence electrons. The van der Waals surface area contributed by atoms with E-state index < -0.39 is 0 Å². The summed E-state index contributed by atoms with van der Waals surface area (Å²) in [5, 5.41) is 0. The number of carbonyl (C=O) groups excluding carboxylic acids is 1. The van der Waals surface area contributed by atoms with E-state index >= 15 is 0 Å². The lowest BCUT2D eigenvalue weighted by Crippen LogP contribution is -2.07. The first-order chi connectivity index (χ1) is 11.3. The van der Waals surface area contributed by atoms with Crippen LogP contribution >= 0.6 is 0 Å². The van der Waals surface area contributed by atoms with Crippen LogP contribution in [0.1, 0.15) is 22.3 Å². The third-order valence-corrected chi connectivity index (χ3v) is 3.82. The van der Waals surface area contributed by atoms with Gasteiger partial charge in [-0.1, -0.05) is 36.4 Å². The van der Waals surface area contributed by atoms with Gasteiger partial charge in [0.2, 0.25) is 0 Å². The smallest absolute Gasteiger partial charge is 0.163 e. The highest BCUT2D eigenvalue weighted by Crippen LogP contribution is 2.27. The van der Waals surface area contributed by atoms with Gasteiger partial charge in [-0.3, -0.25) is 4.79 Å². The molecular weight excluding hydrogens is 292 g/mol. The summed E-state index contributed by atoms with van der Waals surface area (Å²) < 4.78 is 16.2. The molecule has 23 heavy (non-hydrogen) atoms. The van der Waals surface area contributed by atoms with Crippen molar-refractivity contribution in [1.82, 2.24) is 0 Å². The van der Waals surface area contributed by atoms with Crippen molar-refractivity contribution in [3.63, 3.8) is 0 Å². The Morgan fingerprint density at radius 1 is 1.22 bits per heavy atom. The summed E-state index contributed by atoms with van der Waals surface area (Å²) in [4.78, 5) is 12.2. The molecule has 1 aliphatic heterocycles. The molecule has 0 aromatic heterocycles. The van der Waals surface area contributed by atoms with Crippen LogP contribution in [0.4, 0.5) is 0 Å². The molecule has 3 rings (SSSR count). The second-order valence-electron chi connectivity index (χ2n) is 5.53. The SMILES string of the molecule is COc1ccc(CCC(=O)c2ccccc2)c(OCC2CO2)c1. The average molecular weight is 312 g/mol. The number of rotatable bonds is 8. The van der Waals surface area contributed by atoms with Gasteiger partial charge in [-0.15, -0.1) is 0 Å². The molecule has 1 fully saturated rings. The number of epoxide rings is 1. The van der Waals surface area contributed by atoms with Gasteiger partial charge >= 0.3 is 0 Å². The molecule has 2 aromatic rings. The van der Waals surface area contributed by atoms with Crippen molar-refractivity contribution >= 4 is 5.78 Å². The minimum Gasteiger partial charge on any atom is -0.497 e. The van der Waals surface area contributed by atoms with Crippen molar-refractivity contribution in [2.75, 3.05) is 20.3 Å². The molecule has 4 nitrogen and oxygen atoms in total. The van der Waals surface area contributed by atoms with Crippen LogP contribution in [0.15, 0.2) is 48.5 Å². The lowest BCUT2D eigenvalue weighted by Gasteiger charge is -2.12. The summed E-state index contributed by atoms with van der Waals surface area (Å²) in [5.74, 6) is 1.65. The lowest BCUT2D eigenvalue weighted by atomic mass is 10.0. The topological polar surface area (TPSA) is 48.1 Å². The van der Waals surface area contributed by atoms with Crippen molar-refractivity contribution in [1.29, 1.82) is 0 Å². The Kier molecular flexibility index (Phi) is 4.93. The van der Waals surface area contributed by atoms with Gasteiger partial charge in [0.25, 0.3) is 0 Å². The molecule has 0 aliphatic carbocycles. The fourth-order valence-corrected chi connectivity index (χ4v) is 2.37. The predicted molar refractivity (Wildman–Crippen MR) is 87.3 cm³/mol. The van der Waals surface area contributed by atoms with Crippen molar-refractivity contribution in [2.24, 2.45) is 0 Å². The highest BCUT2D eigenvalue weighted by Gasteiger charge is 2.23. The molecule has 1 atom stereocenters. The number of hydrogen-bond donors (Lipinski definition) is 0. The molecule has 0 radical (unpaired) electrons. The number of Topliss-reactive ketones (excluding diaryl/α,β-unsaturated/α-hetero) is 1. The first-order valence-corrected chi connectivity index (χ1v) is 7.76. The third-order valence-electron chi connectivity index (χ3n) is 3.82. The number of benzene rings is 2. The summed E-state index contributed by atoms with van der Waals surface area (Å²) in [7, 11) is 1.63. The molecule has 4 heteroatoms. The molecule has 0 saturated carbocycles. The Bertz CT molecular complexity index is 662. The molecule has 0 spiro atoms. The van der Waals surface area contributed by atoms with Crippen LogP contribution in [0.5, 0.6) is 11.5 Å². The third kappa shape index (κ3) is 4.33. The van der Waals surface area contributed by atoms with Gasteiger partial charge in [0.1, 0.15) is 24.2 Å². The van der Waals surface area contributed by atoms with Gasteiger partial charge < -0.3 is 14.2 Å². The second-order valence-corrected chi connectivity index (χ2v) is 5.53. The van der Waals surface area contributed by atoms with Gasteiger partial charge in [0, 0.05) is 18.1 Å². The van der Waals surface area contributed by atoms with Crippen LogP contribution in [0.25, 0.3) is 0 Å². The summed E-state index contributed by atoms with van der Waals surface area (Å²) in [6.45, 7) is 1.29. The highest BCUT2D eigenvalue weighted by molar-refractivity contribution is 5.96. The molecule has 1 saturated heterocycles. The molecule has 1 heterocycles. The van der Waals surface area contributed by atoms with Crippen LogP contribution in [-0.2, 0) is 11.2 Å². The standard InChI is InChI=1S/C19H20O4/c1-21-16-9-7-15(19(11-16)23-13-17-12-22-17)8-10-18(20)14-5-3-2-4-6-14/h2-7,9,11,17H,8,10,12-13H2,1H3. The molecule has 0 N–H and O–H groups in total. The minimum atomic E-state index is 0.137. The van der Waals surface area contributed by atoms with E-state index in [-0.39, 0.29) is 11.9 Å². The van der Waals surface area contributed by atoms with E-state index in [0.29, 0.717) is 19.4 Å². The number of aryl methyl sites for hydroxylation is 1. The number of carbonyl (C=O) groups is 1. The van der Waals surface area contributed by atoms with E-state index in [0.717, 1.165) is 29.2 Å². The fourth-order valence-electron chi connectivity index (χ4n) is 2.37. The maximum absolute atomic E-state index is 12.2. The van der Waals surface area contributed by atoms with Gasteiger partial charge in [-0.25, -0.2) is 0 Å². The molecule has 0 bridgehead atoms. The van der Waals surface area contributed by atoms with Crippen LogP contribution in [0.3, 0.4) is 0 Å². The first kappa shape index (κ1) is 15.6. The van der Waals surface area contributed by atoms with E-state index in [1.54, 1.807) is 7.11 Å². The largest absolute Gasteiger partial charge is 0.497 e. The molecule has 0 amide bonds. The zero-order valence-electron chi connectivity index (χ0n) is 13.2. The zero-order valence-corrected chi connectivity index (χ0v) is 13.2. The van der Waals surface area contributed by atoms with E-state index in [9.17, 15) is 4.79 Å². The van der Waals surface area contributed by atoms with Crippen LogP contribution in [0, 0.1) is 0 Å². The Morgan fingerprint density at radius 2 is 2.00 bits per heavy atom. The zero-order chi connectivity index (χ0) is 16.1. The number of ketones is 1. The molecule has 1 unspecified atom stereocenters. The van der Waals surface area contributed by atoms with Crippen LogP contribution in [0.2, 0.25) is 0 Å². The minimum absolute atomic E-state index is 0.137. The highest BCUT2D eigenvalue weighted by atomic mass is 16.6. The Balaban J connectivity index is 1.66. The van der Waals surface area contributed by atoms with E-state index in [4.69, 9.17) is 14.2 Å². The number of ether oxygens (including phenoxy) is 3. The number of hydrogen-bond acceptors (Lipinski definition) is 4. The van der Waals surface area contributed by atoms with Gasteiger partial charge in [-0.2, -0.15) is 0 Å². The van der Waals surface area contributed by atoms with Crippen LogP contribution in [-0.4, -0.2) is 32.2 Å². The Hall–Kier alpha value is -2.33. The summed E-state index contributed by atoms with van der Waals surface area (Å²) >= 11 is 0. The predicted octanol–water partition coefficient (Wildman–Crippen LogP) is 3.29. The van der Waals surface area contributed by atoms with Gasteiger partial charge in [0.05, 0.1) is 13.7 Å². The van der Waals surface area contributed by atoms with E-state index in [2.05, 4.69) is 0 Å². The Labute approximate surface area is 136 Å². The Morgan fingerprint density at radius 3 is 2.70 bits per heavy atom. The molecule has 1 aliphatic rings. The fraction of sp³-hybridized carbons (Fsp3) is 0.316. The van der Waals surface area contributed by atoms with Gasteiger partial charge in [-0.05, 0) is 18.1 Å². The lowest BCUT2D eigenvalue weighted by molar-refractivity contribution is 0.0982. The molecule has 2 aromatic carbocycles. The van der Waals surface area contributed by atoms with Crippen molar-refractivity contribution in [3.05, 3.63) is 59.7 Å². The number of methoxy groups -OCH3 is 1. The summed E-state index contributed by atoms with van der Waals surface area (Å²) in [6.07, 6.45) is 1.28. The monoisotopic (exact) mass is 312 g/mol. The van der Waals surface area contributed by atoms with Crippen molar-refractivity contribution < 1.29 is 19.0 Å². The van der Waals surface area contributed by atoms with Gasteiger partial charge in [0.15, 0.2) is 5.78 Å². The van der Waals surface area contributed by atoms with Crippen molar-refractivity contribution in [3.8, 4) is 11.5 Å². The molecular formula is C19H20O4. The summed E-state index contributed by atoms with van der Waals surface area (Å²) in [6, 6.07) is 15.1. The second kappa shape index (κ2) is 7.29. The summed E-state index contributed by atoms with van der Waals surface area (Å²) in [5.41, 5.74) is 1.76. The van der Waals surface area contributed by atoms with Crippen LogP contribution < -0.4 is 9.47 Å². The first-order valence-electron chi connectivity index (χ1n) is 7.76. The normalized spacial score (nSPS) is 16.0. The quantitative estimate of drug-likeness (QED) is 0.554. The van der Waals surface area contributed by atoms with Crippen molar-refractivity contribution in [2.45, 2.75) is 18.9 Å². The maximum Gasteiger partial charge on any atom is 0.163 e. The maximum atomic E-state index is 12.2. The van der Waals surface area contributed by atoms with E-state index in [1.165, 1.54) is 0 Å². The average Bonchev–Trinajstić information content (AvgIpc) is 3.43.